The van der Waals surface area contributed by atoms with Crippen LogP contribution in [0.25, 0.3) is 10.9 Å². The van der Waals surface area contributed by atoms with E-state index in [1.54, 1.807) is 36.1 Å². The van der Waals surface area contributed by atoms with Crippen LogP contribution in [0.4, 0.5) is 4.39 Å². The van der Waals surface area contributed by atoms with Crippen molar-refractivity contribution in [3.05, 3.63) is 69.6 Å². The quantitative estimate of drug-likeness (QED) is 0.312. The van der Waals surface area contributed by atoms with Crippen molar-refractivity contribution in [1.29, 1.82) is 0 Å². The maximum Gasteiger partial charge on any atom is 0.294 e. The molecule has 2 atom stereocenters. The van der Waals surface area contributed by atoms with Crippen LogP contribution in [0.2, 0.25) is 5.02 Å². The molecule has 0 bridgehead atoms. The van der Waals surface area contributed by atoms with Crippen molar-refractivity contribution in [3.63, 3.8) is 0 Å². The van der Waals surface area contributed by atoms with Crippen LogP contribution in [-0.2, 0) is 11.3 Å². The lowest BCUT2D eigenvalue weighted by atomic mass is 10.0. The number of nitrogens with two attached hydrogens (primary N) is 1. The summed E-state index contributed by atoms with van der Waals surface area (Å²) in [4.78, 5) is 44.4. The first-order chi connectivity index (χ1) is 17.4. The number of fused-ring (bicyclic) bond motifs is 1. The number of likely N-dealkylation sites (N-methyl/N-ethyl adjacent to an activating group) is 1. The molecular weight excluding hydrogens is 497 g/mol. The number of nitrogen functional groups attached to an aromatic ring is 1. The zero-order valence-electron chi connectivity index (χ0n) is 21.6. The van der Waals surface area contributed by atoms with E-state index in [1.807, 2.05) is 13.8 Å². The minimum Gasteiger partial charge on any atom is -0.342 e. The zero-order valence-corrected chi connectivity index (χ0v) is 22.3. The minimum atomic E-state index is -0.700. The van der Waals surface area contributed by atoms with Gasteiger partial charge in [0.2, 0.25) is 0 Å². The van der Waals surface area contributed by atoms with E-state index < -0.39 is 11.7 Å². The monoisotopic (exact) mass is 527 g/mol. The fourth-order valence-electron chi connectivity index (χ4n) is 4.90. The predicted molar refractivity (Wildman–Crippen MR) is 142 cm³/mol. The van der Waals surface area contributed by atoms with Crippen molar-refractivity contribution in [2.45, 2.75) is 39.4 Å². The smallest absolute Gasteiger partial charge is 0.294 e. The van der Waals surface area contributed by atoms with E-state index in [4.69, 9.17) is 17.4 Å². The second-order valence-electron chi connectivity index (χ2n) is 9.92. The number of Topliss-reactive ketones (excluding diaryl/α,β-unsaturated/α-hetero) is 1. The molecule has 1 aliphatic heterocycles. The Kier molecular flexibility index (Phi) is 7.30. The number of hydrogen-bond acceptors (Lipinski definition) is 5. The molecule has 2 aromatic carbocycles. The number of carbonyl (C=O) groups is 3. The van der Waals surface area contributed by atoms with Gasteiger partial charge in [-0.1, -0.05) is 23.7 Å². The molecule has 1 saturated heterocycles. The van der Waals surface area contributed by atoms with Gasteiger partial charge in [0.05, 0.1) is 21.7 Å². The molecule has 3 aromatic rings. The Balaban J connectivity index is 1.64. The topological polar surface area (TPSA) is 91.9 Å². The first-order valence-electron chi connectivity index (χ1n) is 12.1. The fourth-order valence-corrected chi connectivity index (χ4v) is 5.14. The van der Waals surface area contributed by atoms with Gasteiger partial charge < -0.3 is 15.6 Å². The van der Waals surface area contributed by atoms with Crippen molar-refractivity contribution >= 4 is 40.1 Å². The number of ketones is 1. The summed E-state index contributed by atoms with van der Waals surface area (Å²) in [6.07, 6.45) is 0. The van der Waals surface area contributed by atoms with Crippen molar-refractivity contribution in [2.24, 2.45) is 0 Å². The summed E-state index contributed by atoms with van der Waals surface area (Å²) in [6.45, 7) is 7.41. The van der Waals surface area contributed by atoms with Crippen molar-refractivity contribution < 1.29 is 18.8 Å². The average molecular weight is 528 g/mol. The van der Waals surface area contributed by atoms with Gasteiger partial charge in [0, 0.05) is 56.9 Å². The molecule has 1 aromatic heterocycles. The standard InChI is InChI=1S/C27H31ClFN5O3/c1-15-13-33(16(2)12-32(15)14-18-6-8-19(29)9-7-18)26(36)20-10-21-23(11-22(20)28)34(30)17(3)24(21)25(35)27(37)31(4)5/h6-11,15-16H,12-14,30H2,1-5H3/t15-,16+/m0/s1. The van der Waals surface area contributed by atoms with Gasteiger partial charge in [0.25, 0.3) is 17.6 Å². The molecule has 0 aliphatic carbocycles. The van der Waals surface area contributed by atoms with Gasteiger partial charge in [0.1, 0.15) is 5.82 Å². The molecule has 1 aliphatic rings. The Morgan fingerprint density at radius 3 is 2.35 bits per heavy atom. The molecule has 10 heteroatoms. The minimum absolute atomic E-state index is 0.0509. The normalized spacial score (nSPS) is 18.3. The van der Waals surface area contributed by atoms with Gasteiger partial charge in [-0.05, 0) is 50.6 Å². The second-order valence-corrected chi connectivity index (χ2v) is 10.3. The highest BCUT2D eigenvalue weighted by atomic mass is 35.5. The number of rotatable bonds is 5. The SMILES string of the molecule is Cc1c(C(=O)C(=O)N(C)C)c2cc(C(=O)N3C[C@H](C)N(Cc4ccc(F)cc4)C[C@H]3C)c(Cl)cc2n1N. The summed E-state index contributed by atoms with van der Waals surface area (Å²) >= 11 is 6.56. The Bertz CT molecular complexity index is 1390. The third kappa shape index (κ3) is 4.93. The first-order valence-corrected chi connectivity index (χ1v) is 12.4. The van der Waals surface area contributed by atoms with Gasteiger partial charge >= 0.3 is 0 Å². The van der Waals surface area contributed by atoms with Crippen molar-refractivity contribution in [2.75, 3.05) is 33.0 Å². The van der Waals surface area contributed by atoms with Crippen LogP contribution in [0.15, 0.2) is 36.4 Å². The van der Waals surface area contributed by atoms with E-state index >= 15 is 0 Å². The number of nitrogens with zero attached hydrogens (tertiary/aromatic N) is 4. The summed E-state index contributed by atoms with van der Waals surface area (Å²) < 4.78 is 14.6. The maximum atomic E-state index is 13.7. The van der Waals surface area contributed by atoms with Gasteiger partial charge in [-0.25, -0.2) is 4.39 Å². The first kappa shape index (κ1) is 26.6. The number of halogens is 2. The van der Waals surface area contributed by atoms with Crippen molar-refractivity contribution in [3.8, 4) is 0 Å². The lowest BCUT2D eigenvalue weighted by Crippen LogP contribution is -2.57. The van der Waals surface area contributed by atoms with E-state index in [2.05, 4.69) is 4.90 Å². The van der Waals surface area contributed by atoms with Crippen LogP contribution in [-0.4, -0.2) is 76.2 Å². The molecule has 0 radical (unpaired) electrons. The third-order valence-electron chi connectivity index (χ3n) is 7.07. The number of aromatic nitrogens is 1. The van der Waals surface area contributed by atoms with Gasteiger partial charge in [-0.15, -0.1) is 0 Å². The van der Waals surface area contributed by atoms with Gasteiger partial charge in [0.15, 0.2) is 0 Å². The molecule has 2 N–H and O–H groups in total. The summed E-state index contributed by atoms with van der Waals surface area (Å²) in [5, 5.41) is 0.622. The van der Waals surface area contributed by atoms with Crippen molar-refractivity contribution in [1.82, 2.24) is 19.4 Å². The largest absolute Gasteiger partial charge is 0.342 e. The summed E-state index contributed by atoms with van der Waals surface area (Å²) in [6, 6.07) is 9.49. The zero-order chi connectivity index (χ0) is 27.2. The third-order valence-corrected chi connectivity index (χ3v) is 7.38. The molecule has 8 nitrogen and oxygen atoms in total. The summed E-state index contributed by atoms with van der Waals surface area (Å²) in [7, 11) is 3.00. The molecule has 2 amide bonds. The molecule has 196 valence electrons. The number of amides is 2. The van der Waals surface area contributed by atoms with Crippen LogP contribution in [0, 0.1) is 12.7 Å². The molecule has 1 fully saturated rings. The molecule has 2 heterocycles. The Morgan fingerprint density at radius 2 is 1.73 bits per heavy atom. The number of hydrogen-bond donors (Lipinski definition) is 1. The summed E-state index contributed by atoms with van der Waals surface area (Å²) in [5.74, 6) is 4.27. The Morgan fingerprint density at radius 1 is 1.08 bits per heavy atom. The number of benzene rings is 2. The molecule has 0 saturated carbocycles. The molecule has 0 spiro atoms. The average Bonchev–Trinajstić information content (AvgIpc) is 3.09. The second kappa shape index (κ2) is 10.1. The Labute approximate surface area is 220 Å². The van der Waals surface area contributed by atoms with Crippen LogP contribution in [0.5, 0.6) is 0 Å². The summed E-state index contributed by atoms with van der Waals surface area (Å²) in [5.41, 5.74) is 2.27. The van der Waals surface area contributed by atoms with E-state index in [1.165, 1.54) is 35.8 Å². The molecule has 37 heavy (non-hydrogen) atoms. The maximum absolute atomic E-state index is 13.7. The predicted octanol–water partition coefficient (Wildman–Crippen LogP) is 3.46. The number of piperazine rings is 1. The lowest BCUT2D eigenvalue weighted by molar-refractivity contribution is -0.124. The fraction of sp³-hybridized carbons (Fsp3) is 0.370. The highest BCUT2D eigenvalue weighted by molar-refractivity contribution is 6.45. The van der Waals surface area contributed by atoms with E-state index in [0.717, 1.165) is 5.56 Å². The van der Waals surface area contributed by atoms with E-state index in [9.17, 15) is 18.8 Å². The van der Waals surface area contributed by atoms with E-state index in [0.29, 0.717) is 36.2 Å². The van der Waals surface area contributed by atoms with Gasteiger partial charge in [-0.3, -0.25) is 24.0 Å². The Hall–Kier alpha value is -3.43. The highest BCUT2D eigenvalue weighted by Crippen LogP contribution is 2.32. The van der Waals surface area contributed by atoms with Crippen LogP contribution >= 0.6 is 11.6 Å². The lowest BCUT2D eigenvalue weighted by Gasteiger charge is -2.44. The van der Waals surface area contributed by atoms with E-state index in [-0.39, 0.29) is 40.0 Å². The highest BCUT2D eigenvalue weighted by Gasteiger charge is 2.34. The molecule has 4 rings (SSSR count). The van der Waals surface area contributed by atoms with Crippen LogP contribution < -0.4 is 5.84 Å². The van der Waals surface area contributed by atoms with Gasteiger partial charge in [-0.2, -0.15) is 0 Å². The van der Waals surface area contributed by atoms with Crippen LogP contribution in [0.1, 0.15) is 45.8 Å². The number of carbonyl (C=O) groups excluding carboxylic acids is 3. The van der Waals surface area contributed by atoms with Crippen LogP contribution in [0.3, 0.4) is 0 Å². The molecular formula is C27H31ClFN5O3. The molecule has 0 unspecified atom stereocenters.